The Morgan fingerprint density at radius 3 is 2.10 bits per heavy atom. The molecule has 20 heavy (non-hydrogen) atoms. The van der Waals surface area contributed by atoms with Crippen LogP contribution in [0.2, 0.25) is 10.0 Å². The fourth-order valence-corrected chi connectivity index (χ4v) is 3.77. The van der Waals surface area contributed by atoms with Crippen LogP contribution in [0.3, 0.4) is 0 Å². The van der Waals surface area contributed by atoms with Crippen LogP contribution < -0.4 is 4.18 Å². The zero-order chi connectivity index (χ0) is 14.9. The Bertz CT molecular complexity index is 735. The highest BCUT2D eigenvalue weighted by Gasteiger charge is 2.24. The van der Waals surface area contributed by atoms with Crippen molar-refractivity contribution >= 4 is 33.3 Å². The summed E-state index contributed by atoms with van der Waals surface area (Å²) in [4.78, 5) is -0.218. The molecule has 0 saturated heterocycles. The monoisotopic (exact) mass is 330 g/mol. The predicted octanol–water partition coefficient (Wildman–Crippen LogP) is 4.38. The van der Waals surface area contributed by atoms with Gasteiger partial charge in [0.25, 0.3) is 0 Å². The average molecular weight is 331 g/mol. The molecule has 3 nitrogen and oxygen atoms in total. The number of benzene rings is 2. The molecule has 0 saturated carbocycles. The maximum absolute atomic E-state index is 12.3. The van der Waals surface area contributed by atoms with Gasteiger partial charge >= 0.3 is 10.1 Å². The average Bonchev–Trinajstić information content (AvgIpc) is 2.34. The molecule has 2 aromatic rings. The standard InChI is InChI=1S/C14H12Cl2O3S/c1-9-5-3-8-13(10(9)2)19-20(17,18)14-11(15)6-4-7-12(14)16/h3-8H,1-2H3. The van der Waals surface area contributed by atoms with E-state index in [1.807, 2.05) is 13.0 Å². The minimum absolute atomic E-state index is 0.0304. The van der Waals surface area contributed by atoms with Crippen molar-refractivity contribution in [1.29, 1.82) is 0 Å². The summed E-state index contributed by atoms with van der Waals surface area (Å²) in [5, 5.41) is 0.0608. The first kappa shape index (κ1) is 15.2. The Hall–Kier alpha value is -1.23. The van der Waals surface area contributed by atoms with Crippen LogP contribution in [-0.4, -0.2) is 8.42 Å². The number of hydrogen-bond donors (Lipinski definition) is 0. The fourth-order valence-electron chi connectivity index (χ4n) is 1.70. The van der Waals surface area contributed by atoms with Gasteiger partial charge in [-0.2, -0.15) is 8.42 Å². The molecule has 6 heteroatoms. The lowest BCUT2D eigenvalue weighted by Gasteiger charge is -2.12. The first-order valence-electron chi connectivity index (χ1n) is 5.77. The van der Waals surface area contributed by atoms with E-state index in [4.69, 9.17) is 27.4 Å². The topological polar surface area (TPSA) is 43.4 Å². The molecule has 0 aliphatic rings. The summed E-state index contributed by atoms with van der Waals surface area (Å²) in [6.07, 6.45) is 0. The summed E-state index contributed by atoms with van der Waals surface area (Å²) < 4.78 is 29.8. The zero-order valence-corrected chi connectivity index (χ0v) is 13.2. The molecule has 0 N–H and O–H groups in total. The summed E-state index contributed by atoms with van der Waals surface area (Å²) in [6, 6.07) is 9.66. The third-order valence-electron chi connectivity index (χ3n) is 2.92. The Morgan fingerprint density at radius 1 is 0.950 bits per heavy atom. The van der Waals surface area contributed by atoms with E-state index < -0.39 is 10.1 Å². The van der Waals surface area contributed by atoms with Gasteiger partial charge in [0.1, 0.15) is 10.6 Å². The van der Waals surface area contributed by atoms with Crippen molar-refractivity contribution in [1.82, 2.24) is 0 Å². The summed E-state index contributed by atoms with van der Waals surface area (Å²) in [5.74, 6) is 0.265. The van der Waals surface area contributed by atoms with E-state index in [9.17, 15) is 8.42 Å². The van der Waals surface area contributed by atoms with Gasteiger partial charge in [-0.3, -0.25) is 0 Å². The Balaban J connectivity index is 2.50. The minimum atomic E-state index is -4.08. The summed E-state index contributed by atoms with van der Waals surface area (Å²) in [6.45, 7) is 3.66. The van der Waals surface area contributed by atoms with E-state index in [-0.39, 0.29) is 20.7 Å². The van der Waals surface area contributed by atoms with Gasteiger partial charge in [-0.1, -0.05) is 41.4 Å². The van der Waals surface area contributed by atoms with Crippen LogP contribution in [0.25, 0.3) is 0 Å². The third-order valence-corrected chi connectivity index (χ3v) is 5.12. The van der Waals surface area contributed by atoms with E-state index in [0.29, 0.717) is 0 Å². The molecule has 0 amide bonds. The van der Waals surface area contributed by atoms with Gasteiger partial charge in [0.15, 0.2) is 0 Å². The van der Waals surface area contributed by atoms with Crippen molar-refractivity contribution in [2.75, 3.05) is 0 Å². The van der Waals surface area contributed by atoms with Crippen molar-refractivity contribution in [3.63, 3.8) is 0 Å². The largest absolute Gasteiger partial charge is 0.379 e. The van der Waals surface area contributed by atoms with Crippen molar-refractivity contribution < 1.29 is 12.6 Å². The molecule has 0 aliphatic heterocycles. The second kappa shape index (κ2) is 5.64. The maximum Gasteiger partial charge on any atom is 0.342 e. The highest BCUT2D eigenvalue weighted by atomic mass is 35.5. The van der Waals surface area contributed by atoms with E-state index in [0.717, 1.165) is 11.1 Å². The highest BCUT2D eigenvalue weighted by molar-refractivity contribution is 7.87. The fraction of sp³-hybridized carbons (Fsp3) is 0.143. The molecule has 0 aromatic heterocycles. The van der Waals surface area contributed by atoms with Crippen molar-refractivity contribution in [2.45, 2.75) is 18.7 Å². The maximum atomic E-state index is 12.3. The number of rotatable bonds is 3. The molecule has 0 heterocycles. The van der Waals surface area contributed by atoms with E-state index in [2.05, 4.69) is 0 Å². The lowest BCUT2D eigenvalue weighted by Crippen LogP contribution is -2.12. The van der Waals surface area contributed by atoms with Crippen molar-refractivity contribution in [3.05, 3.63) is 57.6 Å². The molecule has 2 aromatic carbocycles. The Kier molecular flexibility index (Phi) is 4.28. The van der Waals surface area contributed by atoms with Crippen LogP contribution in [0, 0.1) is 13.8 Å². The molecule has 0 fully saturated rings. The quantitative estimate of drug-likeness (QED) is 0.784. The SMILES string of the molecule is Cc1cccc(OS(=O)(=O)c2c(Cl)cccc2Cl)c1C. The van der Waals surface area contributed by atoms with Gasteiger partial charge in [0.05, 0.1) is 10.0 Å². The van der Waals surface area contributed by atoms with Crippen molar-refractivity contribution in [3.8, 4) is 5.75 Å². The highest BCUT2D eigenvalue weighted by Crippen LogP contribution is 2.32. The molecule has 0 bridgehead atoms. The summed E-state index contributed by atoms with van der Waals surface area (Å²) >= 11 is 11.8. The lowest BCUT2D eigenvalue weighted by molar-refractivity contribution is 0.484. The lowest BCUT2D eigenvalue weighted by atomic mass is 10.1. The smallest absolute Gasteiger partial charge is 0.342 e. The number of hydrogen-bond acceptors (Lipinski definition) is 3. The number of aryl methyl sites for hydroxylation is 1. The van der Waals surface area contributed by atoms with E-state index in [1.165, 1.54) is 12.1 Å². The van der Waals surface area contributed by atoms with Gasteiger partial charge in [0.2, 0.25) is 0 Å². The predicted molar refractivity (Wildman–Crippen MR) is 80.2 cm³/mol. The normalized spacial score (nSPS) is 11.4. The summed E-state index contributed by atoms with van der Waals surface area (Å²) in [7, 11) is -4.08. The van der Waals surface area contributed by atoms with Gasteiger partial charge in [-0.25, -0.2) is 0 Å². The second-order valence-corrected chi connectivity index (χ2v) is 6.58. The zero-order valence-electron chi connectivity index (χ0n) is 10.9. The number of halogens is 2. The Morgan fingerprint density at radius 2 is 1.50 bits per heavy atom. The second-order valence-electron chi connectivity index (χ2n) is 4.29. The minimum Gasteiger partial charge on any atom is -0.379 e. The van der Waals surface area contributed by atoms with Gasteiger partial charge in [-0.05, 0) is 43.2 Å². The van der Waals surface area contributed by atoms with Crippen LogP contribution in [0.5, 0.6) is 5.75 Å². The van der Waals surface area contributed by atoms with E-state index in [1.54, 1.807) is 25.1 Å². The molecule has 0 atom stereocenters. The van der Waals surface area contributed by atoms with Crippen LogP contribution in [0.1, 0.15) is 11.1 Å². The van der Waals surface area contributed by atoms with Crippen LogP contribution in [-0.2, 0) is 10.1 Å². The van der Waals surface area contributed by atoms with Gasteiger partial charge in [-0.15, -0.1) is 0 Å². The molecular formula is C14H12Cl2O3S. The third kappa shape index (κ3) is 2.92. The van der Waals surface area contributed by atoms with Gasteiger partial charge < -0.3 is 4.18 Å². The molecule has 0 spiro atoms. The molecule has 0 unspecified atom stereocenters. The first-order chi connectivity index (χ1) is 9.33. The summed E-state index contributed by atoms with van der Waals surface area (Å²) in [5.41, 5.74) is 1.68. The molecule has 0 aliphatic carbocycles. The molecule has 0 radical (unpaired) electrons. The van der Waals surface area contributed by atoms with Crippen LogP contribution in [0.15, 0.2) is 41.3 Å². The van der Waals surface area contributed by atoms with Crippen LogP contribution >= 0.6 is 23.2 Å². The van der Waals surface area contributed by atoms with Gasteiger partial charge in [0, 0.05) is 0 Å². The molecular weight excluding hydrogens is 319 g/mol. The van der Waals surface area contributed by atoms with Crippen LogP contribution in [0.4, 0.5) is 0 Å². The first-order valence-corrected chi connectivity index (χ1v) is 7.94. The molecule has 2 rings (SSSR count). The molecule has 106 valence electrons. The van der Waals surface area contributed by atoms with E-state index >= 15 is 0 Å². The van der Waals surface area contributed by atoms with Crippen molar-refractivity contribution in [2.24, 2.45) is 0 Å². The Labute approximate surface area is 128 Å².